The summed E-state index contributed by atoms with van der Waals surface area (Å²) in [5, 5.41) is 6.88. The van der Waals surface area contributed by atoms with Crippen LogP contribution in [0.1, 0.15) is 35.4 Å². The van der Waals surface area contributed by atoms with E-state index in [2.05, 4.69) is 67.5 Å². The molecular weight excluding hydrogens is 448 g/mol. The summed E-state index contributed by atoms with van der Waals surface area (Å²) in [6.07, 6.45) is 9.14. The van der Waals surface area contributed by atoms with Gasteiger partial charge in [0.15, 0.2) is 0 Å². The van der Waals surface area contributed by atoms with Crippen molar-refractivity contribution >= 4 is 11.5 Å². The van der Waals surface area contributed by atoms with Crippen molar-refractivity contribution in [3.63, 3.8) is 0 Å². The summed E-state index contributed by atoms with van der Waals surface area (Å²) in [7, 11) is 1.69. The van der Waals surface area contributed by atoms with Crippen molar-refractivity contribution in [1.82, 2.24) is 25.0 Å². The van der Waals surface area contributed by atoms with E-state index in [-0.39, 0.29) is 0 Å². The van der Waals surface area contributed by atoms with Crippen LogP contribution in [-0.2, 0) is 25.9 Å². The third-order valence-corrected chi connectivity index (χ3v) is 6.85. The molecule has 36 heavy (non-hydrogen) atoms. The summed E-state index contributed by atoms with van der Waals surface area (Å²) in [6.45, 7) is 5.67. The van der Waals surface area contributed by atoms with Gasteiger partial charge in [0.25, 0.3) is 0 Å². The summed E-state index contributed by atoms with van der Waals surface area (Å²) in [5.74, 6) is 2.10. The number of ether oxygens (including phenoxy) is 1. The molecule has 0 bridgehead atoms. The van der Waals surface area contributed by atoms with Crippen LogP contribution in [0.15, 0.2) is 67.0 Å². The molecule has 0 amide bonds. The minimum absolute atomic E-state index is 0.745. The van der Waals surface area contributed by atoms with Gasteiger partial charge in [-0.05, 0) is 67.1 Å². The van der Waals surface area contributed by atoms with Gasteiger partial charge < -0.3 is 20.3 Å². The molecule has 4 aromatic rings. The number of hydrogen-bond acceptors (Lipinski definition) is 6. The number of benzene rings is 1. The number of imidazole rings is 1. The zero-order valence-corrected chi connectivity index (χ0v) is 21.1. The van der Waals surface area contributed by atoms with Gasteiger partial charge in [-0.3, -0.25) is 9.38 Å². The fourth-order valence-electron chi connectivity index (χ4n) is 4.89. The molecule has 7 heteroatoms. The quantitative estimate of drug-likeness (QED) is 0.431. The molecular formula is C29H36N6O. The molecule has 6 rings (SSSR count). The lowest BCUT2D eigenvalue weighted by atomic mass is 9.96. The van der Waals surface area contributed by atoms with Crippen molar-refractivity contribution in [3.8, 4) is 5.75 Å². The van der Waals surface area contributed by atoms with Gasteiger partial charge in [-0.25, -0.2) is 4.98 Å². The molecule has 0 spiro atoms. The van der Waals surface area contributed by atoms with Gasteiger partial charge in [-0.15, -0.1) is 0 Å². The van der Waals surface area contributed by atoms with Crippen molar-refractivity contribution in [2.75, 3.05) is 38.2 Å². The maximum Gasteiger partial charge on any atom is 0.138 e. The molecule has 188 valence electrons. The Kier molecular flexibility index (Phi) is 8.10. The van der Waals surface area contributed by atoms with Crippen molar-refractivity contribution in [2.45, 2.75) is 38.8 Å². The lowest BCUT2D eigenvalue weighted by molar-refractivity contribution is 0.414. The first-order valence-electron chi connectivity index (χ1n) is 13.0. The topological polar surface area (TPSA) is 66.7 Å². The van der Waals surface area contributed by atoms with Crippen LogP contribution in [-0.4, -0.2) is 47.7 Å². The fourth-order valence-corrected chi connectivity index (χ4v) is 4.89. The maximum atomic E-state index is 5.20. The number of nitrogens with one attached hydrogen (secondary N) is 2. The Hall–Kier alpha value is -3.42. The number of rotatable bonds is 6. The van der Waals surface area contributed by atoms with Gasteiger partial charge in [0, 0.05) is 57.4 Å². The first kappa shape index (κ1) is 24.3. The highest BCUT2D eigenvalue weighted by Crippen LogP contribution is 2.19. The van der Waals surface area contributed by atoms with Crippen LogP contribution < -0.4 is 20.3 Å². The van der Waals surface area contributed by atoms with Crippen LogP contribution >= 0.6 is 0 Å². The van der Waals surface area contributed by atoms with Gasteiger partial charge in [0.2, 0.25) is 0 Å². The normalized spacial score (nSPS) is 15.2. The maximum absolute atomic E-state index is 5.20. The fraction of sp³-hybridized carbons (Fsp3) is 0.379. The molecule has 7 nitrogen and oxygen atoms in total. The zero-order valence-electron chi connectivity index (χ0n) is 21.1. The summed E-state index contributed by atoms with van der Waals surface area (Å²) in [4.78, 5) is 11.5. The molecule has 4 heterocycles. The number of fused-ring (bicyclic) bond motifs is 2. The summed E-state index contributed by atoms with van der Waals surface area (Å²) in [6, 6.07) is 18.7. The SMILES string of the molecule is COc1ccc(CNCc2cn3c(N4CCNCC4)cccc3n2)cc1.c1cnc2c(c1)CCCC2. The second-order valence-electron chi connectivity index (χ2n) is 9.35. The number of aromatic nitrogens is 3. The minimum Gasteiger partial charge on any atom is -0.497 e. The van der Waals surface area contributed by atoms with E-state index >= 15 is 0 Å². The highest BCUT2D eigenvalue weighted by atomic mass is 16.5. The molecule has 1 aliphatic carbocycles. The van der Waals surface area contributed by atoms with E-state index in [4.69, 9.17) is 9.72 Å². The van der Waals surface area contributed by atoms with Crippen LogP contribution in [0.2, 0.25) is 0 Å². The van der Waals surface area contributed by atoms with Crippen LogP contribution in [0.25, 0.3) is 5.65 Å². The van der Waals surface area contributed by atoms with E-state index < -0.39 is 0 Å². The summed E-state index contributed by atoms with van der Waals surface area (Å²) >= 11 is 0. The Morgan fingerprint density at radius 1 is 0.944 bits per heavy atom. The van der Waals surface area contributed by atoms with Crippen molar-refractivity contribution < 1.29 is 4.74 Å². The molecule has 2 N–H and O–H groups in total. The Labute approximate surface area is 213 Å². The van der Waals surface area contributed by atoms with Crippen LogP contribution in [0.5, 0.6) is 5.75 Å². The molecule has 2 aliphatic rings. The number of pyridine rings is 2. The Morgan fingerprint density at radius 3 is 2.58 bits per heavy atom. The number of methoxy groups -OCH3 is 1. The Balaban J connectivity index is 0.000000222. The molecule has 1 aromatic carbocycles. The van der Waals surface area contributed by atoms with E-state index in [1.54, 1.807) is 7.11 Å². The third kappa shape index (κ3) is 6.04. The van der Waals surface area contributed by atoms with Crippen LogP contribution in [0, 0.1) is 0 Å². The standard InChI is InChI=1S/C20H25N5O.C9H11N/c1-26-18-7-5-16(6-8-18)13-22-14-17-15-25-19(23-17)3-2-4-20(25)24-11-9-21-10-12-24;1-2-6-9-8(4-1)5-3-7-10-9/h2-8,15,21-22H,9-14H2,1H3;3,5,7H,1-2,4,6H2. The molecule has 3 aromatic heterocycles. The van der Waals surface area contributed by atoms with Gasteiger partial charge in [0.1, 0.15) is 17.2 Å². The number of nitrogens with zero attached hydrogens (tertiary/aromatic N) is 4. The molecule has 0 saturated carbocycles. The molecule has 0 atom stereocenters. The van der Waals surface area contributed by atoms with E-state index in [9.17, 15) is 0 Å². The smallest absolute Gasteiger partial charge is 0.138 e. The average Bonchev–Trinajstić information content (AvgIpc) is 3.37. The van der Waals surface area contributed by atoms with E-state index in [0.717, 1.165) is 56.4 Å². The number of aryl methyl sites for hydroxylation is 2. The highest BCUT2D eigenvalue weighted by molar-refractivity contribution is 5.52. The second kappa shape index (κ2) is 12.0. The predicted octanol–water partition coefficient (Wildman–Crippen LogP) is 4.00. The third-order valence-electron chi connectivity index (χ3n) is 6.85. The monoisotopic (exact) mass is 484 g/mol. The summed E-state index contributed by atoms with van der Waals surface area (Å²) in [5.41, 5.74) is 6.09. The van der Waals surface area contributed by atoms with Crippen molar-refractivity contribution in [1.29, 1.82) is 0 Å². The van der Waals surface area contributed by atoms with Gasteiger partial charge in [-0.1, -0.05) is 24.3 Å². The zero-order chi connectivity index (χ0) is 24.6. The largest absolute Gasteiger partial charge is 0.497 e. The van der Waals surface area contributed by atoms with E-state index in [0.29, 0.717) is 0 Å². The molecule has 0 radical (unpaired) electrons. The van der Waals surface area contributed by atoms with E-state index in [1.165, 1.54) is 48.3 Å². The minimum atomic E-state index is 0.745. The van der Waals surface area contributed by atoms with Crippen LogP contribution in [0.3, 0.4) is 0 Å². The van der Waals surface area contributed by atoms with Gasteiger partial charge in [-0.2, -0.15) is 0 Å². The van der Waals surface area contributed by atoms with Gasteiger partial charge in [0.05, 0.1) is 12.8 Å². The van der Waals surface area contributed by atoms with Crippen LogP contribution in [0.4, 0.5) is 5.82 Å². The first-order valence-corrected chi connectivity index (χ1v) is 13.0. The molecule has 1 saturated heterocycles. The number of piperazine rings is 1. The lowest BCUT2D eigenvalue weighted by Gasteiger charge is -2.29. The molecule has 1 aliphatic heterocycles. The number of hydrogen-bond donors (Lipinski definition) is 2. The lowest BCUT2D eigenvalue weighted by Crippen LogP contribution is -2.44. The Morgan fingerprint density at radius 2 is 1.78 bits per heavy atom. The number of anilines is 1. The summed E-state index contributed by atoms with van der Waals surface area (Å²) < 4.78 is 7.40. The first-order chi connectivity index (χ1) is 17.8. The predicted molar refractivity (Wildman–Crippen MR) is 145 cm³/mol. The van der Waals surface area contributed by atoms with Gasteiger partial charge >= 0.3 is 0 Å². The average molecular weight is 485 g/mol. The van der Waals surface area contributed by atoms with Crippen molar-refractivity contribution in [3.05, 3.63) is 89.5 Å². The highest BCUT2D eigenvalue weighted by Gasteiger charge is 2.14. The second-order valence-corrected chi connectivity index (χ2v) is 9.35. The van der Waals surface area contributed by atoms with Crippen molar-refractivity contribution in [2.24, 2.45) is 0 Å². The Bertz CT molecular complexity index is 1220. The molecule has 1 fully saturated rings. The van der Waals surface area contributed by atoms with E-state index in [1.807, 2.05) is 24.4 Å². The molecule has 0 unspecified atom stereocenters.